The van der Waals surface area contributed by atoms with Crippen molar-refractivity contribution >= 4 is 5.69 Å². The summed E-state index contributed by atoms with van der Waals surface area (Å²) in [6, 6.07) is 9.37. The van der Waals surface area contributed by atoms with Crippen LogP contribution in [0, 0.1) is 30.1 Å². The molecular formula is C20H32N. The first-order chi connectivity index (χ1) is 9.72. The number of hydrogen-bond acceptors (Lipinski definition) is 1. The van der Waals surface area contributed by atoms with Crippen LogP contribution in [0.5, 0.6) is 0 Å². The van der Waals surface area contributed by atoms with Gasteiger partial charge in [-0.1, -0.05) is 53.7 Å². The summed E-state index contributed by atoms with van der Waals surface area (Å²) in [4.78, 5) is 0. The largest absolute Gasteiger partial charge is 0.381 e. The van der Waals surface area contributed by atoms with E-state index in [0.717, 1.165) is 5.92 Å². The fourth-order valence-electron chi connectivity index (χ4n) is 3.89. The molecule has 1 heteroatoms. The Bertz CT molecular complexity index is 457. The van der Waals surface area contributed by atoms with Crippen LogP contribution in [0.1, 0.15) is 59.4 Å². The van der Waals surface area contributed by atoms with Gasteiger partial charge in [0.2, 0.25) is 0 Å². The molecule has 1 nitrogen and oxygen atoms in total. The quantitative estimate of drug-likeness (QED) is 0.746. The van der Waals surface area contributed by atoms with Gasteiger partial charge in [-0.25, -0.2) is 0 Å². The zero-order valence-electron chi connectivity index (χ0n) is 14.6. The summed E-state index contributed by atoms with van der Waals surface area (Å²) >= 11 is 0. The molecule has 21 heavy (non-hydrogen) atoms. The van der Waals surface area contributed by atoms with E-state index in [1.165, 1.54) is 17.7 Å². The summed E-state index contributed by atoms with van der Waals surface area (Å²) in [5.74, 6) is 2.47. The highest BCUT2D eigenvalue weighted by atomic mass is 15.0. The van der Waals surface area contributed by atoms with Crippen LogP contribution in [-0.4, -0.2) is 6.04 Å². The standard InChI is InChI=1S/C20H32N/c1-13(2)17-8-10-18(11-9-17)21-19-16(5)15(4)14(3)12-20(19,6)7/h8-11,13-16,19,21H,5,12H2,1-4,6-7H3/t14?,15?,16-,19-/m1/s1. The van der Waals surface area contributed by atoms with E-state index < -0.39 is 0 Å². The Morgan fingerprint density at radius 1 is 1.14 bits per heavy atom. The molecule has 2 unspecified atom stereocenters. The predicted molar refractivity (Wildman–Crippen MR) is 93.5 cm³/mol. The molecule has 1 N–H and O–H groups in total. The molecule has 1 saturated carbocycles. The van der Waals surface area contributed by atoms with Crippen LogP contribution in [0.15, 0.2) is 24.3 Å². The number of benzene rings is 1. The van der Waals surface area contributed by atoms with Crippen molar-refractivity contribution in [2.75, 3.05) is 5.32 Å². The van der Waals surface area contributed by atoms with Crippen molar-refractivity contribution in [2.24, 2.45) is 23.2 Å². The number of rotatable bonds is 3. The topological polar surface area (TPSA) is 12.0 Å². The monoisotopic (exact) mass is 286 g/mol. The molecular weight excluding hydrogens is 254 g/mol. The highest BCUT2D eigenvalue weighted by Crippen LogP contribution is 2.46. The first-order valence-corrected chi connectivity index (χ1v) is 8.42. The van der Waals surface area contributed by atoms with Gasteiger partial charge in [0.15, 0.2) is 0 Å². The maximum atomic E-state index is 4.49. The Labute approximate surface area is 131 Å². The van der Waals surface area contributed by atoms with Gasteiger partial charge >= 0.3 is 0 Å². The minimum atomic E-state index is 0.287. The molecule has 0 aromatic heterocycles. The summed E-state index contributed by atoms with van der Waals surface area (Å²) in [7, 11) is 0. The Kier molecular flexibility index (Phi) is 4.70. The van der Waals surface area contributed by atoms with Crippen molar-refractivity contribution in [3.8, 4) is 0 Å². The molecule has 0 bridgehead atoms. The minimum Gasteiger partial charge on any atom is -0.381 e. The van der Waals surface area contributed by atoms with Crippen LogP contribution in [0.3, 0.4) is 0 Å². The molecule has 1 radical (unpaired) electrons. The summed E-state index contributed by atoms with van der Waals surface area (Å²) in [6.07, 6.45) is 1.27. The molecule has 4 atom stereocenters. The van der Waals surface area contributed by atoms with Crippen molar-refractivity contribution in [1.82, 2.24) is 0 Å². The Balaban J connectivity index is 2.16. The van der Waals surface area contributed by atoms with Crippen molar-refractivity contribution in [3.05, 3.63) is 36.8 Å². The number of hydrogen-bond donors (Lipinski definition) is 1. The lowest BCUT2D eigenvalue weighted by Crippen LogP contribution is -2.50. The minimum absolute atomic E-state index is 0.287. The third kappa shape index (κ3) is 3.44. The van der Waals surface area contributed by atoms with Crippen molar-refractivity contribution in [1.29, 1.82) is 0 Å². The van der Waals surface area contributed by atoms with E-state index in [0.29, 0.717) is 23.8 Å². The van der Waals surface area contributed by atoms with E-state index in [9.17, 15) is 0 Å². The second kappa shape index (κ2) is 6.02. The van der Waals surface area contributed by atoms with Crippen molar-refractivity contribution < 1.29 is 0 Å². The lowest BCUT2D eigenvalue weighted by molar-refractivity contribution is 0.0794. The van der Waals surface area contributed by atoms with Gasteiger partial charge in [-0.2, -0.15) is 0 Å². The van der Waals surface area contributed by atoms with Crippen LogP contribution in [-0.2, 0) is 0 Å². The Morgan fingerprint density at radius 2 is 1.71 bits per heavy atom. The maximum absolute atomic E-state index is 4.49. The average molecular weight is 286 g/mol. The van der Waals surface area contributed by atoms with Crippen molar-refractivity contribution in [3.63, 3.8) is 0 Å². The van der Waals surface area contributed by atoms with Gasteiger partial charge in [-0.3, -0.25) is 0 Å². The molecule has 117 valence electrons. The number of anilines is 1. The molecule has 1 aromatic carbocycles. The molecule has 1 fully saturated rings. The molecule has 0 saturated heterocycles. The van der Waals surface area contributed by atoms with Gasteiger partial charge < -0.3 is 5.32 Å². The fraction of sp³-hybridized carbons (Fsp3) is 0.650. The highest BCUT2D eigenvalue weighted by Gasteiger charge is 2.43. The molecule has 0 amide bonds. The van der Waals surface area contributed by atoms with Crippen molar-refractivity contribution in [2.45, 2.75) is 59.9 Å². The lowest BCUT2D eigenvalue weighted by Gasteiger charge is -2.49. The smallest absolute Gasteiger partial charge is 0.0343 e. The highest BCUT2D eigenvalue weighted by molar-refractivity contribution is 5.46. The molecule has 1 aromatic rings. The third-order valence-electron chi connectivity index (χ3n) is 5.59. The molecule has 2 rings (SSSR count). The van der Waals surface area contributed by atoms with Gasteiger partial charge in [0, 0.05) is 11.7 Å². The van der Waals surface area contributed by atoms with Crippen LogP contribution in [0.25, 0.3) is 0 Å². The van der Waals surface area contributed by atoms with E-state index >= 15 is 0 Å². The lowest BCUT2D eigenvalue weighted by atomic mass is 9.60. The molecule has 1 aliphatic rings. The SMILES string of the molecule is [CH2][C@@H]1C(C)C(C)CC(C)(C)[C@@H]1Nc1ccc(C(C)C)cc1. The Hall–Kier alpha value is -0.980. The summed E-state index contributed by atoms with van der Waals surface area (Å²) in [6.45, 7) is 18.5. The first-order valence-electron chi connectivity index (χ1n) is 8.42. The molecule has 1 aliphatic carbocycles. The predicted octanol–water partition coefficient (Wildman–Crippen LogP) is 5.74. The van der Waals surface area contributed by atoms with Gasteiger partial charge in [0.25, 0.3) is 0 Å². The molecule has 0 aliphatic heterocycles. The third-order valence-corrected chi connectivity index (χ3v) is 5.59. The summed E-state index contributed by atoms with van der Waals surface area (Å²) in [5, 5.41) is 3.78. The second-order valence-corrected chi connectivity index (χ2v) is 8.09. The maximum Gasteiger partial charge on any atom is 0.0343 e. The van der Waals surface area contributed by atoms with E-state index in [1.807, 2.05) is 0 Å². The zero-order chi connectivity index (χ0) is 15.8. The van der Waals surface area contributed by atoms with E-state index in [-0.39, 0.29) is 5.41 Å². The normalized spacial score (nSPS) is 32.2. The van der Waals surface area contributed by atoms with Crippen LogP contribution < -0.4 is 5.32 Å². The van der Waals surface area contributed by atoms with Gasteiger partial charge in [0.05, 0.1) is 0 Å². The van der Waals surface area contributed by atoms with Crippen LogP contribution in [0.2, 0.25) is 0 Å². The fourth-order valence-corrected chi connectivity index (χ4v) is 3.89. The zero-order valence-corrected chi connectivity index (χ0v) is 14.6. The Morgan fingerprint density at radius 3 is 2.24 bits per heavy atom. The van der Waals surface area contributed by atoms with Crippen LogP contribution >= 0.6 is 0 Å². The summed E-state index contributed by atoms with van der Waals surface area (Å²) < 4.78 is 0. The molecule has 0 heterocycles. The van der Waals surface area contributed by atoms with Gasteiger partial charge in [-0.15, -0.1) is 0 Å². The van der Waals surface area contributed by atoms with Crippen LogP contribution in [0.4, 0.5) is 5.69 Å². The van der Waals surface area contributed by atoms with E-state index in [4.69, 9.17) is 0 Å². The summed E-state index contributed by atoms with van der Waals surface area (Å²) in [5.41, 5.74) is 2.92. The second-order valence-electron chi connectivity index (χ2n) is 8.09. The van der Waals surface area contributed by atoms with Gasteiger partial charge in [-0.05, 0) is 60.1 Å². The molecule has 0 spiro atoms. The van der Waals surface area contributed by atoms with E-state index in [1.54, 1.807) is 0 Å². The average Bonchev–Trinajstić information content (AvgIpc) is 2.41. The first kappa shape index (κ1) is 16.4. The number of nitrogens with one attached hydrogen (secondary N) is 1. The van der Waals surface area contributed by atoms with Gasteiger partial charge in [0.1, 0.15) is 0 Å². The van der Waals surface area contributed by atoms with E-state index in [2.05, 4.69) is 78.0 Å².